The Hall–Kier alpha value is -1.20. The van der Waals surface area contributed by atoms with E-state index in [0.29, 0.717) is 18.0 Å². The van der Waals surface area contributed by atoms with Crippen LogP contribution in [0.1, 0.15) is 18.4 Å². The largest absolute Gasteiger partial charge is 0.480 e. The summed E-state index contributed by atoms with van der Waals surface area (Å²) in [5.41, 5.74) is 0.869. The molecule has 20 heavy (non-hydrogen) atoms. The molecule has 0 radical (unpaired) electrons. The van der Waals surface area contributed by atoms with E-state index in [-0.39, 0.29) is 12.5 Å². The van der Waals surface area contributed by atoms with Crippen LogP contribution in [0.3, 0.4) is 0 Å². The number of carboxylic acid groups (broad SMARTS) is 1. The zero-order chi connectivity index (χ0) is 15.0. The molecule has 0 fully saturated rings. The van der Waals surface area contributed by atoms with Crippen molar-refractivity contribution in [3.63, 3.8) is 0 Å². The highest BCUT2D eigenvalue weighted by Gasteiger charge is 2.16. The fourth-order valence-corrected chi connectivity index (χ4v) is 2.29. The summed E-state index contributed by atoms with van der Waals surface area (Å²) in [4.78, 5) is 24.3. The van der Waals surface area contributed by atoms with Crippen molar-refractivity contribution in [1.82, 2.24) is 4.90 Å². The van der Waals surface area contributed by atoms with Gasteiger partial charge in [0.1, 0.15) is 6.54 Å². The lowest BCUT2D eigenvalue weighted by Gasteiger charge is -2.21. The van der Waals surface area contributed by atoms with Crippen molar-refractivity contribution < 1.29 is 14.7 Å². The number of nitrogens with zero attached hydrogens (tertiary/aromatic N) is 1. The molecule has 0 aliphatic carbocycles. The number of halogens is 1. The zero-order valence-electron chi connectivity index (χ0n) is 11.3. The van der Waals surface area contributed by atoms with Gasteiger partial charge in [-0.15, -0.1) is 0 Å². The normalized spacial score (nSPS) is 10.3. The van der Waals surface area contributed by atoms with Gasteiger partial charge in [0.25, 0.3) is 0 Å². The van der Waals surface area contributed by atoms with Gasteiger partial charge in [0, 0.05) is 18.0 Å². The molecule has 0 aliphatic heterocycles. The average molecular weight is 316 g/mol. The van der Waals surface area contributed by atoms with Gasteiger partial charge in [-0.3, -0.25) is 9.59 Å². The highest BCUT2D eigenvalue weighted by molar-refractivity contribution is 7.98. The van der Waals surface area contributed by atoms with Crippen molar-refractivity contribution in [1.29, 1.82) is 0 Å². The van der Waals surface area contributed by atoms with Crippen molar-refractivity contribution >= 4 is 35.2 Å². The van der Waals surface area contributed by atoms with E-state index >= 15 is 0 Å². The first-order chi connectivity index (χ1) is 9.52. The van der Waals surface area contributed by atoms with E-state index in [4.69, 9.17) is 16.7 Å². The third kappa shape index (κ3) is 6.30. The quantitative estimate of drug-likeness (QED) is 0.749. The molecular formula is C14H18ClNO3S. The fraction of sp³-hybridized carbons (Fsp3) is 0.429. The Morgan fingerprint density at radius 3 is 2.50 bits per heavy atom. The molecule has 0 spiro atoms. The zero-order valence-corrected chi connectivity index (χ0v) is 12.9. The van der Waals surface area contributed by atoms with E-state index in [1.165, 1.54) is 4.90 Å². The Labute approximate surface area is 128 Å². The van der Waals surface area contributed by atoms with Gasteiger partial charge in [-0.1, -0.05) is 23.7 Å². The molecule has 0 saturated heterocycles. The minimum absolute atomic E-state index is 0.128. The summed E-state index contributed by atoms with van der Waals surface area (Å²) in [5.74, 6) is -0.235. The van der Waals surface area contributed by atoms with Crippen LogP contribution in [0.4, 0.5) is 0 Å². The summed E-state index contributed by atoms with van der Waals surface area (Å²) in [6.07, 6.45) is 3.12. The van der Waals surface area contributed by atoms with Gasteiger partial charge in [0.05, 0.1) is 0 Å². The molecule has 0 unspecified atom stereocenters. The third-order valence-corrected chi connectivity index (χ3v) is 3.65. The van der Waals surface area contributed by atoms with E-state index in [0.717, 1.165) is 17.7 Å². The first kappa shape index (κ1) is 16.9. The molecule has 0 aromatic heterocycles. The Bertz CT molecular complexity index is 450. The maximum atomic E-state index is 12.1. The smallest absolute Gasteiger partial charge is 0.323 e. The van der Waals surface area contributed by atoms with Crippen LogP contribution in [0.15, 0.2) is 24.3 Å². The topological polar surface area (TPSA) is 57.6 Å². The first-order valence-corrected chi connectivity index (χ1v) is 8.03. The predicted molar refractivity (Wildman–Crippen MR) is 82.1 cm³/mol. The lowest BCUT2D eigenvalue weighted by atomic mass is 10.2. The minimum atomic E-state index is -1.00. The molecule has 4 nitrogen and oxygen atoms in total. The maximum absolute atomic E-state index is 12.1. The van der Waals surface area contributed by atoms with Gasteiger partial charge in [0.15, 0.2) is 0 Å². The molecule has 0 saturated carbocycles. The molecule has 1 amide bonds. The second kappa shape index (κ2) is 8.87. The monoisotopic (exact) mass is 315 g/mol. The van der Waals surface area contributed by atoms with E-state index < -0.39 is 5.97 Å². The molecule has 110 valence electrons. The van der Waals surface area contributed by atoms with Crippen LogP contribution >= 0.6 is 23.4 Å². The lowest BCUT2D eigenvalue weighted by Crippen LogP contribution is -2.35. The highest BCUT2D eigenvalue weighted by Crippen LogP contribution is 2.13. The molecule has 0 bridgehead atoms. The molecule has 0 atom stereocenters. The number of thioether (sulfide) groups is 1. The van der Waals surface area contributed by atoms with Crippen LogP contribution in [-0.2, 0) is 16.1 Å². The second-order valence-corrected chi connectivity index (χ2v) is 5.79. The highest BCUT2D eigenvalue weighted by atomic mass is 35.5. The number of aliphatic carboxylic acids is 1. The van der Waals surface area contributed by atoms with Gasteiger partial charge >= 0.3 is 5.97 Å². The average Bonchev–Trinajstić information content (AvgIpc) is 2.40. The van der Waals surface area contributed by atoms with E-state index in [9.17, 15) is 9.59 Å². The summed E-state index contributed by atoms with van der Waals surface area (Å²) in [5, 5.41) is 9.52. The van der Waals surface area contributed by atoms with Gasteiger partial charge in [-0.05, 0) is 36.1 Å². The van der Waals surface area contributed by atoms with E-state index in [1.54, 1.807) is 36.0 Å². The van der Waals surface area contributed by atoms with Crippen LogP contribution < -0.4 is 0 Å². The number of hydrogen-bond acceptors (Lipinski definition) is 3. The van der Waals surface area contributed by atoms with Crippen molar-refractivity contribution in [2.75, 3.05) is 18.6 Å². The molecule has 1 rings (SSSR count). The van der Waals surface area contributed by atoms with Gasteiger partial charge in [-0.25, -0.2) is 0 Å². The fourth-order valence-electron chi connectivity index (χ4n) is 1.73. The van der Waals surface area contributed by atoms with Crippen molar-refractivity contribution in [2.45, 2.75) is 19.4 Å². The number of carbonyl (C=O) groups excluding carboxylic acids is 1. The molecular weight excluding hydrogens is 298 g/mol. The van der Waals surface area contributed by atoms with Crippen LogP contribution in [0.25, 0.3) is 0 Å². The second-order valence-electron chi connectivity index (χ2n) is 4.37. The summed E-state index contributed by atoms with van der Waals surface area (Å²) in [7, 11) is 0. The number of carbonyl (C=O) groups is 2. The summed E-state index contributed by atoms with van der Waals surface area (Å²) in [6, 6.07) is 7.06. The third-order valence-electron chi connectivity index (χ3n) is 2.70. The Morgan fingerprint density at radius 1 is 1.30 bits per heavy atom. The summed E-state index contributed by atoms with van der Waals surface area (Å²) < 4.78 is 0. The molecule has 1 aromatic rings. The van der Waals surface area contributed by atoms with Crippen LogP contribution in [0.2, 0.25) is 5.02 Å². The Balaban J connectivity index is 2.65. The number of benzene rings is 1. The number of hydrogen-bond donors (Lipinski definition) is 1. The van der Waals surface area contributed by atoms with Gasteiger partial charge < -0.3 is 10.0 Å². The minimum Gasteiger partial charge on any atom is -0.480 e. The maximum Gasteiger partial charge on any atom is 0.323 e. The Morgan fingerprint density at radius 2 is 1.95 bits per heavy atom. The van der Waals surface area contributed by atoms with Gasteiger partial charge in [-0.2, -0.15) is 11.8 Å². The van der Waals surface area contributed by atoms with Crippen LogP contribution in [-0.4, -0.2) is 40.4 Å². The molecule has 6 heteroatoms. The molecule has 1 N–H and O–H groups in total. The molecule has 1 aromatic carbocycles. The number of rotatable bonds is 8. The molecule has 0 aliphatic rings. The van der Waals surface area contributed by atoms with Crippen molar-refractivity contribution in [3.05, 3.63) is 34.9 Å². The summed E-state index contributed by atoms with van der Waals surface area (Å²) in [6.45, 7) is 0.0162. The standard InChI is InChI=1S/C14H18ClNO3S/c1-20-8-2-3-13(17)16(10-14(18)19)9-11-4-6-12(15)7-5-11/h4-7H,2-3,8-10H2,1H3,(H,18,19). The Kier molecular flexibility index (Phi) is 7.47. The van der Waals surface area contributed by atoms with Crippen LogP contribution in [0.5, 0.6) is 0 Å². The van der Waals surface area contributed by atoms with Gasteiger partial charge in [0.2, 0.25) is 5.91 Å². The predicted octanol–water partition coefficient (Wildman–Crippen LogP) is 2.90. The van der Waals surface area contributed by atoms with Crippen molar-refractivity contribution in [2.24, 2.45) is 0 Å². The lowest BCUT2D eigenvalue weighted by molar-refractivity contribution is -0.144. The molecule has 0 heterocycles. The summed E-state index contributed by atoms with van der Waals surface area (Å²) >= 11 is 7.48. The van der Waals surface area contributed by atoms with E-state index in [2.05, 4.69) is 0 Å². The first-order valence-electron chi connectivity index (χ1n) is 6.26. The van der Waals surface area contributed by atoms with E-state index in [1.807, 2.05) is 6.26 Å². The number of amides is 1. The number of carboxylic acids is 1. The van der Waals surface area contributed by atoms with Crippen molar-refractivity contribution in [3.8, 4) is 0 Å². The van der Waals surface area contributed by atoms with Crippen LogP contribution in [0, 0.1) is 0 Å². The SMILES string of the molecule is CSCCCC(=O)N(CC(=O)O)Cc1ccc(Cl)cc1.